The largest absolute Gasteiger partial charge is 0.493 e. The summed E-state index contributed by atoms with van der Waals surface area (Å²) >= 11 is 1.02. The van der Waals surface area contributed by atoms with E-state index in [0.717, 1.165) is 24.4 Å². The molecule has 6 atom stereocenters. The normalized spacial score (nSPS) is 25.7. The summed E-state index contributed by atoms with van der Waals surface area (Å²) in [6.45, 7) is -0.829. The van der Waals surface area contributed by atoms with Crippen molar-refractivity contribution in [1.82, 2.24) is 5.32 Å². The molecule has 0 radical (unpaired) electrons. The molecule has 194 valence electrons. The Kier molecular flexibility index (Phi) is 11.3. The van der Waals surface area contributed by atoms with Gasteiger partial charge in [0.15, 0.2) is 0 Å². The number of amides is 1. The van der Waals surface area contributed by atoms with Gasteiger partial charge in [0.05, 0.1) is 32.0 Å². The van der Waals surface area contributed by atoms with E-state index in [-0.39, 0.29) is 18.7 Å². The lowest BCUT2D eigenvalue weighted by atomic mass is 9.89. The second-order valence-electron chi connectivity index (χ2n) is 7.88. The summed E-state index contributed by atoms with van der Waals surface area (Å²) in [7, 11) is 1.16. The lowest BCUT2D eigenvalue weighted by Gasteiger charge is -2.47. The van der Waals surface area contributed by atoms with Gasteiger partial charge in [-0.05, 0) is 17.7 Å². The van der Waals surface area contributed by atoms with Crippen LogP contribution in [0.1, 0.15) is 18.4 Å². The van der Waals surface area contributed by atoms with Crippen LogP contribution in [0.4, 0.5) is 0 Å². The van der Waals surface area contributed by atoms with Crippen LogP contribution in [0.15, 0.2) is 24.3 Å². The van der Waals surface area contributed by atoms with Gasteiger partial charge < -0.3 is 45.7 Å². The number of hydrogen-bond acceptors (Lipinski definition) is 11. The van der Waals surface area contributed by atoms with Crippen molar-refractivity contribution in [3.05, 3.63) is 29.8 Å². The van der Waals surface area contributed by atoms with Crippen molar-refractivity contribution < 1.29 is 44.2 Å². The molecule has 0 aliphatic carbocycles. The van der Waals surface area contributed by atoms with E-state index in [1.807, 2.05) is 0 Å². The molecular formula is C23H32N2O9S. The van der Waals surface area contributed by atoms with Gasteiger partial charge >= 0.3 is 5.97 Å². The molecule has 1 heterocycles. The number of ether oxygens (including phenoxy) is 3. The molecule has 12 heteroatoms. The zero-order chi connectivity index (χ0) is 26.0. The van der Waals surface area contributed by atoms with E-state index in [4.69, 9.17) is 31.5 Å². The molecule has 0 aromatic heterocycles. The Morgan fingerprint density at radius 3 is 2.63 bits per heavy atom. The van der Waals surface area contributed by atoms with E-state index in [2.05, 4.69) is 11.2 Å². The number of esters is 1. The molecule has 0 unspecified atom stereocenters. The predicted molar refractivity (Wildman–Crippen MR) is 127 cm³/mol. The van der Waals surface area contributed by atoms with Crippen LogP contribution in [-0.4, -0.2) is 94.6 Å². The molecule has 35 heavy (non-hydrogen) atoms. The van der Waals surface area contributed by atoms with Crippen molar-refractivity contribution in [2.45, 2.75) is 54.0 Å². The number of aliphatic hydroxyl groups excluding tert-OH is 4. The first-order chi connectivity index (χ1) is 16.7. The van der Waals surface area contributed by atoms with Crippen LogP contribution in [-0.2, 0) is 24.8 Å². The van der Waals surface area contributed by atoms with Crippen LogP contribution in [0.3, 0.4) is 0 Å². The SMILES string of the molecule is C#CCCOc1ccc(CS[C@]2(C(=O)OC)C[C@H](O)[C@@H](NC(=O)CO)[C@H]([C@H](O)[C@H](O)CN)O2)cc1. The van der Waals surface area contributed by atoms with E-state index >= 15 is 0 Å². The van der Waals surface area contributed by atoms with Gasteiger partial charge in [-0.3, -0.25) is 4.79 Å². The number of thioether (sulfide) groups is 1. The number of hydrogen-bond donors (Lipinski definition) is 6. The van der Waals surface area contributed by atoms with E-state index in [0.29, 0.717) is 18.8 Å². The van der Waals surface area contributed by atoms with Crippen molar-refractivity contribution in [3.8, 4) is 18.1 Å². The summed E-state index contributed by atoms with van der Waals surface area (Å²) in [5.74, 6) is 1.71. The van der Waals surface area contributed by atoms with Crippen molar-refractivity contribution in [3.63, 3.8) is 0 Å². The van der Waals surface area contributed by atoms with Crippen molar-refractivity contribution in [2.24, 2.45) is 5.73 Å². The molecule has 1 fully saturated rings. The smallest absolute Gasteiger partial charge is 0.348 e. The summed E-state index contributed by atoms with van der Waals surface area (Å²) in [4.78, 5) is 22.9. The maximum atomic E-state index is 12.8. The summed E-state index contributed by atoms with van der Waals surface area (Å²) in [6.07, 6.45) is -0.570. The number of methoxy groups -OCH3 is 1. The van der Waals surface area contributed by atoms with E-state index in [1.54, 1.807) is 24.3 Å². The Hall–Kier alpha value is -2.37. The maximum Gasteiger partial charge on any atom is 0.348 e. The molecule has 1 aliphatic heterocycles. The number of nitrogens with one attached hydrogen (secondary N) is 1. The van der Waals surface area contributed by atoms with Crippen LogP contribution in [0.25, 0.3) is 0 Å². The van der Waals surface area contributed by atoms with Crippen LogP contribution in [0.2, 0.25) is 0 Å². The highest BCUT2D eigenvalue weighted by molar-refractivity contribution is 8.00. The maximum absolute atomic E-state index is 12.8. The average Bonchev–Trinajstić information content (AvgIpc) is 2.88. The zero-order valence-corrected chi connectivity index (χ0v) is 20.1. The topological polar surface area (TPSA) is 181 Å². The first kappa shape index (κ1) is 28.9. The third-order valence-corrected chi connectivity index (χ3v) is 6.80. The monoisotopic (exact) mass is 512 g/mol. The predicted octanol–water partition coefficient (Wildman–Crippen LogP) is -1.50. The minimum atomic E-state index is -1.77. The summed E-state index contributed by atoms with van der Waals surface area (Å²) in [6, 6.07) is 5.84. The number of nitrogens with two attached hydrogens (primary N) is 1. The third kappa shape index (κ3) is 7.55. The molecule has 1 aliphatic rings. The van der Waals surface area contributed by atoms with Gasteiger partial charge in [-0.25, -0.2) is 4.79 Å². The van der Waals surface area contributed by atoms with Crippen molar-refractivity contribution >= 4 is 23.6 Å². The van der Waals surface area contributed by atoms with E-state index < -0.39 is 53.9 Å². The average molecular weight is 513 g/mol. The molecular weight excluding hydrogens is 480 g/mol. The van der Waals surface area contributed by atoms with Gasteiger partial charge in [-0.2, -0.15) is 0 Å². The Morgan fingerprint density at radius 2 is 2.06 bits per heavy atom. The number of benzene rings is 1. The molecule has 11 nitrogen and oxygen atoms in total. The van der Waals surface area contributed by atoms with E-state index in [1.165, 1.54) is 0 Å². The summed E-state index contributed by atoms with van der Waals surface area (Å²) in [5, 5.41) is 43.0. The van der Waals surface area contributed by atoms with Gasteiger partial charge in [0.2, 0.25) is 10.8 Å². The molecule has 0 saturated carbocycles. The quantitative estimate of drug-likeness (QED) is 0.109. The van der Waals surface area contributed by atoms with Gasteiger partial charge in [0.25, 0.3) is 0 Å². The fraction of sp³-hybridized carbons (Fsp3) is 0.565. The lowest BCUT2D eigenvalue weighted by Crippen LogP contribution is -2.67. The Balaban J connectivity index is 2.26. The number of terminal acetylenes is 1. The first-order valence-electron chi connectivity index (χ1n) is 10.9. The summed E-state index contributed by atoms with van der Waals surface area (Å²) in [5.41, 5.74) is 6.26. The van der Waals surface area contributed by atoms with Crippen LogP contribution in [0, 0.1) is 12.3 Å². The fourth-order valence-corrected chi connectivity index (χ4v) is 4.82. The third-order valence-electron chi connectivity index (χ3n) is 5.42. The minimum Gasteiger partial charge on any atom is -0.493 e. The molecule has 1 aromatic carbocycles. The molecule has 2 rings (SSSR count). The Morgan fingerprint density at radius 1 is 1.37 bits per heavy atom. The molecule has 0 bridgehead atoms. The second-order valence-corrected chi connectivity index (χ2v) is 9.12. The minimum absolute atomic E-state index is 0.252. The number of rotatable bonds is 12. The fourth-order valence-electron chi connectivity index (χ4n) is 3.56. The zero-order valence-electron chi connectivity index (χ0n) is 19.3. The molecule has 1 aromatic rings. The summed E-state index contributed by atoms with van der Waals surface area (Å²) < 4.78 is 16.4. The second kappa shape index (κ2) is 13.6. The Labute approximate surface area is 207 Å². The van der Waals surface area contributed by atoms with Crippen molar-refractivity contribution in [1.29, 1.82) is 0 Å². The molecule has 1 saturated heterocycles. The number of carbonyl (C=O) groups excluding carboxylic acids is 2. The number of aliphatic hydroxyl groups is 4. The highest BCUT2D eigenvalue weighted by Gasteiger charge is 2.55. The van der Waals surface area contributed by atoms with Gasteiger partial charge in [0, 0.05) is 25.1 Å². The molecule has 0 spiro atoms. The van der Waals surface area contributed by atoms with Crippen LogP contribution >= 0.6 is 11.8 Å². The number of carbonyl (C=O) groups is 2. The highest BCUT2D eigenvalue weighted by atomic mass is 32.2. The van der Waals surface area contributed by atoms with Gasteiger partial charge in [0.1, 0.15) is 24.6 Å². The Bertz CT molecular complexity index is 879. The van der Waals surface area contributed by atoms with Crippen molar-refractivity contribution in [2.75, 3.05) is 26.9 Å². The first-order valence-corrected chi connectivity index (χ1v) is 11.9. The standard InChI is InChI=1S/C23H32N2O9S/c1-3-4-9-33-15-7-5-14(6-8-15)13-35-23(22(31)32-2)10-16(27)19(25-18(29)12-26)21(34-23)20(30)17(28)11-24/h1,5-8,16-17,19-21,26-28,30H,4,9-13,24H2,2H3,(H,25,29)/t16-,17+,19+,20+,21+,23-/m0/s1. The van der Waals surface area contributed by atoms with Gasteiger partial charge in [-0.15, -0.1) is 24.1 Å². The lowest BCUT2D eigenvalue weighted by molar-refractivity contribution is -0.204. The van der Waals surface area contributed by atoms with Crippen LogP contribution < -0.4 is 15.8 Å². The van der Waals surface area contributed by atoms with Gasteiger partial charge in [-0.1, -0.05) is 12.1 Å². The molecule has 7 N–H and O–H groups in total. The highest BCUT2D eigenvalue weighted by Crippen LogP contribution is 2.42. The van der Waals surface area contributed by atoms with Crippen LogP contribution in [0.5, 0.6) is 5.75 Å². The molecule has 1 amide bonds. The van der Waals surface area contributed by atoms with E-state index in [9.17, 15) is 24.9 Å².